The van der Waals surface area contributed by atoms with Gasteiger partial charge in [0.15, 0.2) is 44.8 Å². The van der Waals surface area contributed by atoms with E-state index in [4.69, 9.17) is 29.2 Å². The predicted molar refractivity (Wildman–Crippen MR) is 237 cm³/mol. The second-order valence-electron chi connectivity index (χ2n) is 12.6. The zero-order chi connectivity index (χ0) is 45.3. The number of rotatable bonds is 18. The molecule has 2 aromatic heterocycles. The minimum Gasteiger partial charge on any atom is -0.493 e. The minimum absolute atomic E-state index is 0.200. The number of nitrogens with one attached hydrogen (secondary N) is 4. The molecule has 0 bridgehead atoms. The van der Waals surface area contributed by atoms with Crippen LogP contribution in [0.4, 0.5) is 21.6 Å². The first kappa shape index (κ1) is 46.7. The molecule has 2 heterocycles. The fraction of sp³-hybridized carbons (Fsp3) is 0.143. The molecule has 21 heteroatoms. The molecule has 0 atom stereocenters. The molecule has 0 aliphatic rings. The van der Waals surface area contributed by atoms with Crippen LogP contribution in [0.15, 0.2) is 106 Å². The van der Waals surface area contributed by atoms with Gasteiger partial charge in [-0.25, -0.2) is 9.97 Å². The van der Waals surface area contributed by atoms with E-state index >= 15 is 0 Å². The molecule has 0 saturated carbocycles. The summed E-state index contributed by atoms with van der Waals surface area (Å²) >= 11 is 5.37. The molecule has 0 aliphatic heterocycles. The maximum absolute atomic E-state index is 12.4. The van der Waals surface area contributed by atoms with Crippen molar-refractivity contribution < 1.29 is 57.9 Å². The van der Waals surface area contributed by atoms with Crippen molar-refractivity contribution in [3.05, 3.63) is 118 Å². The number of hydrogen-bond acceptors (Lipinski definition) is 14. The zero-order valence-electron chi connectivity index (χ0n) is 33.2. The molecule has 326 valence electrons. The van der Waals surface area contributed by atoms with Gasteiger partial charge < -0.3 is 50.4 Å². The third kappa shape index (κ3) is 14.7. The van der Waals surface area contributed by atoms with Gasteiger partial charge in [-0.05, 0) is 64.5 Å². The standard InChI is InChI=1S/C21H18BrN3O6S.C21H19N3O6S/c1-30-15-8-4-5-9-16(15)31-14-7-3-2-6-12(14)23-17(26)11-18(27)25-21-24-13(10-19(28)29)20(22)32-21;1-29-16-8-4-5-9-17(16)30-15-7-3-2-6-14(15)23-18(25)11-19(26)24-21-22-13(12-31-21)10-20(27)28/h2-9H,10-11H2,1H3,(H,23,26)(H,28,29)(H,24,25,27);2-9,12H,10-11H2,1H3,(H,23,25)(H,27,28)(H,22,24,26). The lowest BCUT2D eigenvalue weighted by Gasteiger charge is -2.14. The number of ether oxygens (including phenoxy) is 4. The number of carbonyl (C=O) groups is 6. The topological polar surface area (TPSA) is 254 Å². The lowest BCUT2D eigenvalue weighted by atomic mass is 10.2. The van der Waals surface area contributed by atoms with Crippen LogP contribution in [0.1, 0.15) is 24.2 Å². The smallest absolute Gasteiger partial charge is 0.309 e. The van der Waals surface area contributed by atoms with Crippen LogP contribution < -0.4 is 40.2 Å². The number of nitrogens with zero attached hydrogens (tertiary/aromatic N) is 2. The Morgan fingerprint density at radius 2 is 0.968 bits per heavy atom. The number of methoxy groups -OCH3 is 2. The maximum Gasteiger partial charge on any atom is 0.309 e. The fourth-order valence-corrected chi connectivity index (χ4v) is 7.35. The summed E-state index contributed by atoms with van der Waals surface area (Å²) in [5.74, 6) is -1.53. The van der Waals surface area contributed by atoms with Crippen molar-refractivity contribution >= 4 is 95.8 Å². The van der Waals surface area contributed by atoms with E-state index in [1.54, 1.807) is 84.9 Å². The highest BCUT2D eigenvalue weighted by molar-refractivity contribution is 9.11. The van der Waals surface area contributed by atoms with Crippen molar-refractivity contribution in [3.8, 4) is 34.5 Å². The van der Waals surface area contributed by atoms with Crippen molar-refractivity contribution in [2.45, 2.75) is 25.7 Å². The van der Waals surface area contributed by atoms with Crippen LogP contribution in [0.2, 0.25) is 0 Å². The monoisotopic (exact) mass is 960 g/mol. The molecule has 0 fully saturated rings. The van der Waals surface area contributed by atoms with Crippen LogP contribution in [0.5, 0.6) is 34.5 Å². The Hall–Kier alpha value is -7.36. The Bertz CT molecular complexity index is 2600. The summed E-state index contributed by atoms with van der Waals surface area (Å²) < 4.78 is 22.8. The van der Waals surface area contributed by atoms with E-state index in [-0.39, 0.29) is 23.1 Å². The first-order chi connectivity index (χ1) is 30.3. The summed E-state index contributed by atoms with van der Waals surface area (Å²) in [5.41, 5.74) is 1.41. The van der Waals surface area contributed by atoms with Gasteiger partial charge in [-0.3, -0.25) is 28.8 Å². The Balaban J connectivity index is 0.000000238. The molecule has 6 N–H and O–H groups in total. The molecule has 0 spiro atoms. The van der Waals surface area contributed by atoms with Crippen LogP contribution in [0, 0.1) is 0 Å². The molecule has 63 heavy (non-hydrogen) atoms. The van der Waals surface area contributed by atoms with E-state index < -0.39 is 48.4 Å². The highest BCUT2D eigenvalue weighted by Crippen LogP contribution is 2.36. The molecule has 0 unspecified atom stereocenters. The maximum atomic E-state index is 12.4. The number of hydrogen-bond donors (Lipinski definition) is 6. The number of carboxylic acids is 2. The fourth-order valence-electron chi connectivity index (χ4n) is 5.21. The third-order valence-corrected chi connectivity index (χ3v) is 10.4. The lowest BCUT2D eigenvalue weighted by molar-refractivity contribution is -0.137. The van der Waals surface area contributed by atoms with E-state index in [1.807, 2.05) is 12.1 Å². The number of carboxylic acid groups (broad SMARTS) is 2. The average molecular weight is 962 g/mol. The number of benzene rings is 4. The Labute approximate surface area is 375 Å². The number of thiazole rings is 2. The molecule has 6 aromatic rings. The molecular formula is C42H37BrN6O12S2. The highest BCUT2D eigenvalue weighted by atomic mass is 79.9. The van der Waals surface area contributed by atoms with E-state index in [0.717, 1.165) is 22.7 Å². The molecule has 4 aromatic carbocycles. The van der Waals surface area contributed by atoms with Gasteiger partial charge in [-0.15, -0.1) is 11.3 Å². The number of aliphatic carboxylic acids is 2. The quantitative estimate of drug-likeness (QED) is 0.0449. The van der Waals surface area contributed by atoms with Crippen LogP contribution in [-0.4, -0.2) is 70.0 Å². The van der Waals surface area contributed by atoms with Gasteiger partial charge in [0, 0.05) is 5.38 Å². The Morgan fingerprint density at radius 1 is 0.556 bits per heavy atom. The lowest BCUT2D eigenvalue weighted by Crippen LogP contribution is -2.21. The van der Waals surface area contributed by atoms with Crippen LogP contribution >= 0.6 is 38.6 Å². The van der Waals surface area contributed by atoms with Crippen molar-refractivity contribution in [1.29, 1.82) is 0 Å². The highest BCUT2D eigenvalue weighted by Gasteiger charge is 2.19. The summed E-state index contributed by atoms with van der Waals surface area (Å²) in [6.07, 6.45) is -1.43. The zero-order valence-corrected chi connectivity index (χ0v) is 36.4. The van der Waals surface area contributed by atoms with Gasteiger partial charge >= 0.3 is 11.9 Å². The Morgan fingerprint density at radius 3 is 1.43 bits per heavy atom. The molecule has 0 saturated heterocycles. The van der Waals surface area contributed by atoms with Gasteiger partial charge in [0.25, 0.3) is 0 Å². The van der Waals surface area contributed by atoms with Gasteiger partial charge in [-0.1, -0.05) is 59.9 Å². The molecule has 0 aliphatic carbocycles. The van der Waals surface area contributed by atoms with E-state index in [2.05, 4.69) is 47.2 Å². The Kier molecular flexibility index (Phi) is 17.1. The van der Waals surface area contributed by atoms with Crippen molar-refractivity contribution in [1.82, 2.24) is 9.97 Å². The van der Waals surface area contributed by atoms with Crippen LogP contribution in [0.25, 0.3) is 0 Å². The van der Waals surface area contributed by atoms with Crippen molar-refractivity contribution in [3.63, 3.8) is 0 Å². The summed E-state index contributed by atoms with van der Waals surface area (Å²) in [6.45, 7) is 0. The molecule has 4 amide bonds. The summed E-state index contributed by atoms with van der Waals surface area (Å²) in [7, 11) is 3.06. The van der Waals surface area contributed by atoms with E-state index in [0.29, 0.717) is 61.0 Å². The summed E-state index contributed by atoms with van der Waals surface area (Å²) in [5, 5.41) is 29.9. The largest absolute Gasteiger partial charge is 0.493 e. The van der Waals surface area contributed by atoms with Crippen molar-refractivity contribution in [2.24, 2.45) is 0 Å². The third-order valence-electron chi connectivity index (χ3n) is 7.89. The van der Waals surface area contributed by atoms with Gasteiger partial charge in [-0.2, -0.15) is 0 Å². The van der Waals surface area contributed by atoms with Crippen molar-refractivity contribution in [2.75, 3.05) is 35.5 Å². The second-order valence-corrected chi connectivity index (χ2v) is 15.7. The molecule has 6 rings (SSSR count). The van der Waals surface area contributed by atoms with Gasteiger partial charge in [0.2, 0.25) is 23.6 Å². The summed E-state index contributed by atoms with van der Waals surface area (Å²) in [4.78, 5) is 78.7. The average Bonchev–Trinajstić information content (AvgIpc) is 3.82. The minimum atomic E-state index is -1.04. The van der Waals surface area contributed by atoms with E-state index in [1.165, 1.54) is 19.6 Å². The number of para-hydroxylation sites is 8. The van der Waals surface area contributed by atoms with Crippen LogP contribution in [0.3, 0.4) is 0 Å². The number of anilines is 4. The summed E-state index contributed by atoms with van der Waals surface area (Å²) in [6, 6.07) is 27.8. The van der Waals surface area contributed by atoms with Gasteiger partial charge in [0.1, 0.15) is 12.8 Å². The number of halogens is 1. The predicted octanol–water partition coefficient (Wildman–Crippen LogP) is 7.84. The number of amides is 4. The first-order valence-corrected chi connectivity index (χ1v) is 20.8. The first-order valence-electron chi connectivity index (χ1n) is 18.3. The van der Waals surface area contributed by atoms with Crippen LogP contribution in [-0.2, 0) is 41.6 Å². The normalized spacial score (nSPS) is 10.3. The van der Waals surface area contributed by atoms with E-state index in [9.17, 15) is 28.8 Å². The SMILES string of the molecule is COc1ccccc1Oc1ccccc1NC(=O)CC(=O)Nc1nc(CC(=O)O)c(Br)s1.COc1ccccc1Oc1ccccc1NC(=O)CC(=O)Nc1nc(CC(=O)O)cs1. The molecule has 0 radical (unpaired) electrons. The number of aromatic nitrogens is 2. The molecular weight excluding hydrogens is 925 g/mol. The second kappa shape index (κ2) is 23.0. The number of carbonyl (C=O) groups excluding carboxylic acids is 4. The van der Waals surface area contributed by atoms with Gasteiger partial charge in [0.05, 0.1) is 53.6 Å². The molecule has 18 nitrogen and oxygen atoms in total.